The first-order valence-electron chi connectivity index (χ1n) is 9.16. The molecular formula is C19H21FN6O2. The van der Waals surface area contributed by atoms with Gasteiger partial charge in [-0.25, -0.2) is 4.39 Å². The Morgan fingerprint density at radius 3 is 2.75 bits per heavy atom. The predicted molar refractivity (Wildman–Crippen MR) is 103 cm³/mol. The standard InChI is InChI=1S/C19H21FN6O2/c20-15-9-6-12(10-14(15)18(21)28)23-19-24-17-3-1-2-16(26(17)25-19)22-11-4-7-13(27)8-5-11/h1-3,6,9-11,13,22,27H,4-5,7-8H2,(H2,21,28)(H,23,25). The van der Waals surface area contributed by atoms with E-state index in [1.807, 2.05) is 18.2 Å². The lowest BCUT2D eigenvalue weighted by molar-refractivity contribution is 0.0996. The van der Waals surface area contributed by atoms with Crippen LogP contribution < -0.4 is 16.4 Å². The lowest BCUT2D eigenvalue weighted by Gasteiger charge is -2.26. The van der Waals surface area contributed by atoms with Crippen molar-refractivity contribution in [3.8, 4) is 0 Å². The van der Waals surface area contributed by atoms with Crippen molar-refractivity contribution in [3.63, 3.8) is 0 Å². The number of fused-ring (bicyclic) bond motifs is 1. The second kappa shape index (κ2) is 7.43. The molecule has 0 aliphatic heterocycles. The van der Waals surface area contributed by atoms with Crippen LogP contribution >= 0.6 is 0 Å². The van der Waals surface area contributed by atoms with Crippen LogP contribution in [0.25, 0.3) is 5.65 Å². The first-order chi connectivity index (χ1) is 13.5. The van der Waals surface area contributed by atoms with Crippen LogP contribution in [0.1, 0.15) is 36.0 Å². The highest BCUT2D eigenvalue weighted by Gasteiger charge is 2.20. The van der Waals surface area contributed by atoms with Gasteiger partial charge in [0, 0.05) is 11.7 Å². The number of aliphatic hydroxyl groups is 1. The summed E-state index contributed by atoms with van der Waals surface area (Å²) in [5.41, 5.74) is 6.09. The van der Waals surface area contributed by atoms with Gasteiger partial charge in [-0.3, -0.25) is 4.79 Å². The van der Waals surface area contributed by atoms with Crippen molar-refractivity contribution in [2.75, 3.05) is 10.6 Å². The number of nitrogens with one attached hydrogen (secondary N) is 2. The van der Waals surface area contributed by atoms with Crippen molar-refractivity contribution in [3.05, 3.63) is 47.8 Å². The molecule has 0 atom stereocenters. The maximum atomic E-state index is 13.6. The van der Waals surface area contributed by atoms with Gasteiger partial charge in [-0.15, -0.1) is 5.10 Å². The van der Waals surface area contributed by atoms with E-state index in [0.717, 1.165) is 31.5 Å². The van der Waals surface area contributed by atoms with Crippen LogP contribution in [-0.4, -0.2) is 37.8 Å². The highest BCUT2D eigenvalue weighted by Crippen LogP contribution is 2.24. The second-order valence-corrected chi connectivity index (χ2v) is 6.95. The van der Waals surface area contributed by atoms with E-state index >= 15 is 0 Å². The molecule has 5 N–H and O–H groups in total. The Bertz CT molecular complexity index is 1010. The molecule has 0 spiro atoms. The summed E-state index contributed by atoms with van der Waals surface area (Å²) in [4.78, 5) is 15.7. The summed E-state index contributed by atoms with van der Waals surface area (Å²) in [6.45, 7) is 0. The van der Waals surface area contributed by atoms with E-state index in [-0.39, 0.29) is 17.7 Å². The normalized spacial score (nSPS) is 19.5. The number of halogens is 1. The number of amides is 1. The summed E-state index contributed by atoms with van der Waals surface area (Å²) < 4.78 is 15.3. The zero-order valence-corrected chi connectivity index (χ0v) is 15.1. The Balaban J connectivity index is 1.57. The van der Waals surface area contributed by atoms with Gasteiger partial charge in [0.2, 0.25) is 5.95 Å². The maximum Gasteiger partial charge on any atom is 0.251 e. The molecule has 1 aromatic carbocycles. The van der Waals surface area contributed by atoms with Crippen molar-refractivity contribution >= 4 is 29.0 Å². The molecule has 0 radical (unpaired) electrons. The molecule has 9 heteroatoms. The minimum absolute atomic E-state index is 0.199. The maximum absolute atomic E-state index is 13.6. The number of aromatic nitrogens is 3. The largest absolute Gasteiger partial charge is 0.393 e. The Hall–Kier alpha value is -3.20. The van der Waals surface area contributed by atoms with Gasteiger partial charge in [-0.05, 0) is 56.0 Å². The molecule has 4 rings (SSSR count). The van der Waals surface area contributed by atoms with E-state index in [4.69, 9.17) is 5.73 Å². The first kappa shape index (κ1) is 18.2. The van der Waals surface area contributed by atoms with Crippen molar-refractivity contribution in [1.29, 1.82) is 0 Å². The average Bonchev–Trinajstić information content (AvgIpc) is 3.08. The van der Waals surface area contributed by atoms with Crippen LogP contribution in [0.3, 0.4) is 0 Å². The first-order valence-corrected chi connectivity index (χ1v) is 9.16. The number of carbonyl (C=O) groups is 1. The number of hydrogen-bond acceptors (Lipinski definition) is 6. The number of primary amides is 1. The van der Waals surface area contributed by atoms with Gasteiger partial charge >= 0.3 is 0 Å². The highest BCUT2D eigenvalue weighted by atomic mass is 19.1. The molecule has 1 fully saturated rings. The molecule has 2 heterocycles. The van der Waals surface area contributed by atoms with Gasteiger partial charge in [0.1, 0.15) is 11.6 Å². The summed E-state index contributed by atoms with van der Waals surface area (Å²) >= 11 is 0. The fourth-order valence-electron chi connectivity index (χ4n) is 3.42. The summed E-state index contributed by atoms with van der Waals surface area (Å²) in [6, 6.07) is 9.88. The molecule has 0 bridgehead atoms. The van der Waals surface area contributed by atoms with Gasteiger partial charge in [0.25, 0.3) is 5.91 Å². The number of hydrogen-bond donors (Lipinski definition) is 4. The lowest BCUT2D eigenvalue weighted by atomic mass is 9.93. The summed E-state index contributed by atoms with van der Waals surface area (Å²) in [5, 5.41) is 20.6. The SMILES string of the molecule is NC(=O)c1cc(Nc2nc3cccc(NC4CCC(O)CC4)n3n2)ccc1F. The summed E-state index contributed by atoms with van der Waals surface area (Å²) in [5.74, 6) is -0.398. The molecule has 8 nitrogen and oxygen atoms in total. The fourth-order valence-corrected chi connectivity index (χ4v) is 3.42. The number of nitrogens with two attached hydrogens (primary N) is 1. The van der Waals surface area contributed by atoms with Crippen LogP contribution in [0.5, 0.6) is 0 Å². The second-order valence-electron chi connectivity index (χ2n) is 6.95. The van der Waals surface area contributed by atoms with Gasteiger partial charge in [-0.2, -0.15) is 9.50 Å². The Labute approximate surface area is 160 Å². The van der Waals surface area contributed by atoms with Crippen molar-refractivity contribution < 1.29 is 14.3 Å². The number of carbonyl (C=O) groups excluding carboxylic acids is 1. The Morgan fingerprint density at radius 2 is 2.00 bits per heavy atom. The van der Waals surface area contributed by atoms with Crippen LogP contribution in [0, 0.1) is 5.82 Å². The number of nitrogens with zero attached hydrogens (tertiary/aromatic N) is 3. The molecule has 1 saturated carbocycles. The predicted octanol–water partition coefficient (Wildman–Crippen LogP) is 2.43. The van der Waals surface area contributed by atoms with Gasteiger partial charge < -0.3 is 21.5 Å². The number of benzene rings is 1. The molecule has 2 aromatic heterocycles. The van der Waals surface area contributed by atoms with Gasteiger partial charge in [0.05, 0.1) is 11.7 Å². The minimum atomic E-state index is -0.840. The van der Waals surface area contributed by atoms with Crippen LogP contribution in [-0.2, 0) is 0 Å². The summed E-state index contributed by atoms with van der Waals surface area (Å²) in [6.07, 6.45) is 3.14. The third-order valence-corrected chi connectivity index (χ3v) is 4.90. The van der Waals surface area contributed by atoms with E-state index in [0.29, 0.717) is 17.3 Å². The van der Waals surface area contributed by atoms with E-state index in [1.165, 1.54) is 18.2 Å². The third kappa shape index (κ3) is 3.74. The Kier molecular flexibility index (Phi) is 4.82. The van der Waals surface area contributed by atoms with E-state index in [2.05, 4.69) is 20.7 Å². The number of anilines is 3. The zero-order valence-electron chi connectivity index (χ0n) is 15.1. The van der Waals surface area contributed by atoms with Crippen molar-refractivity contribution in [2.24, 2.45) is 5.73 Å². The number of pyridine rings is 1. The molecule has 1 amide bonds. The molecular weight excluding hydrogens is 363 g/mol. The van der Waals surface area contributed by atoms with E-state index < -0.39 is 11.7 Å². The summed E-state index contributed by atoms with van der Waals surface area (Å²) in [7, 11) is 0. The minimum Gasteiger partial charge on any atom is -0.393 e. The third-order valence-electron chi connectivity index (χ3n) is 4.90. The van der Waals surface area contributed by atoms with E-state index in [9.17, 15) is 14.3 Å². The molecule has 1 aliphatic rings. The molecule has 28 heavy (non-hydrogen) atoms. The van der Waals surface area contributed by atoms with Crippen LogP contribution in [0.15, 0.2) is 36.4 Å². The fraction of sp³-hybridized carbons (Fsp3) is 0.316. The topological polar surface area (TPSA) is 118 Å². The molecule has 0 unspecified atom stereocenters. The average molecular weight is 384 g/mol. The monoisotopic (exact) mass is 384 g/mol. The molecule has 1 aliphatic carbocycles. The van der Waals surface area contributed by atoms with Crippen molar-refractivity contribution in [1.82, 2.24) is 14.6 Å². The van der Waals surface area contributed by atoms with Gasteiger partial charge in [-0.1, -0.05) is 6.07 Å². The van der Waals surface area contributed by atoms with Crippen molar-refractivity contribution in [2.45, 2.75) is 37.8 Å². The molecule has 0 saturated heterocycles. The smallest absolute Gasteiger partial charge is 0.251 e. The van der Waals surface area contributed by atoms with Gasteiger partial charge in [0.15, 0.2) is 5.65 Å². The van der Waals surface area contributed by atoms with Crippen LogP contribution in [0.4, 0.5) is 21.8 Å². The molecule has 3 aromatic rings. The number of aliphatic hydroxyl groups excluding tert-OH is 1. The Morgan fingerprint density at radius 1 is 1.21 bits per heavy atom. The zero-order chi connectivity index (χ0) is 19.7. The highest BCUT2D eigenvalue weighted by molar-refractivity contribution is 5.94. The quantitative estimate of drug-likeness (QED) is 0.537. The number of rotatable bonds is 5. The lowest BCUT2D eigenvalue weighted by Crippen LogP contribution is -2.29. The van der Waals surface area contributed by atoms with Crippen LogP contribution in [0.2, 0.25) is 0 Å². The molecule has 146 valence electrons. The van der Waals surface area contributed by atoms with E-state index in [1.54, 1.807) is 4.52 Å².